The smallest absolute Gasteiger partial charge is 0.368 e. The van der Waals surface area contributed by atoms with Crippen molar-refractivity contribution in [3.8, 4) is 5.69 Å². The number of ether oxygens (including phenoxy) is 1. The summed E-state index contributed by atoms with van der Waals surface area (Å²) in [7, 11) is 1.55. The first kappa shape index (κ1) is 18.4. The van der Waals surface area contributed by atoms with Crippen LogP contribution < -0.4 is 5.69 Å². The summed E-state index contributed by atoms with van der Waals surface area (Å²) in [5, 5.41) is 11.6. The second-order valence-corrected chi connectivity index (χ2v) is 6.03. The molecule has 1 aromatic heterocycles. The molecule has 3 rings (SSSR count). The summed E-state index contributed by atoms with van der Waals surface area (Å²) >= 11 is 0. The molecule has 0 atom stereocenters. The molecular weight excluding hydrogens is 346 g/mol. The maximum atomic E-state index is 12.2. The zero-order chi connectivity index (χ0) is 19.2. The summed E-state index contributed by atoms with van der Waals surface area (Å²) < 4.78 is 8.14. The minimum atomic E-state index is -0.321. The molecule has 0 unspecified atom stereocenters. The lowest BCUT2D eigenvalue weighted by atomic mass is 10.1. The van der Waals surface area contributed by atoms with Crippen LogP contribution in [0.4, 0.5) is 0 Å². The van der Waals surface area contributed by atoms with Gasteiger partial charge in [0.05, 0.1) is 5.69 Å². The van der Waals surface area contributed by atoms with Gasteiger partial charge in [0.2, 0.25) is 5.90 Å². The van der Waals surface area contributed by atoms with Crippen LogP contribution in [-0.4, -0.2) is 25.7 Å². The third kappa shape index (κ3) is 4.41. The van der Waals surface area contributed by atoms with Gasteiger partial charge < -0.3 is 9.57 Å². The van der Waals surface area contributed by atoms with Crippen LogP contribution in [0.1, 0.15) is 23.6 Å². The number of aryl methyl sites for hydroxylation is 2. The highest BCUT2D eigenvalue weighted by Gasteiger charge is 2.13. The van der Waals surface area contributed by atoms with Crippen LogP contribution in [0.15, 0.2) is 58.5 Å². The molecule has 0 radical (unpaired) electrons. The SMILES string of the molecule is CC(=NOCc1ccccc1)OCc1c(C)cccc1-n1nnn(C)c1=O. The number of hydrogen-bond donors (Lipinski definition) is 0. The zero-order valence-corrected chi connectivity index (χ0v) is 15.5. The Morgan fingerprint density at radius 3 is 2.56 bits per heavy atom. The summed E-state index contributed by atoms with van der Waals surface area (Å²) in [5.41, 5.74) is 3.14. The van der Waals surface area contributed by atoms with E-state index in [1.807, 2.05) is 49.4 Å². The maximum absolute atomic E-state index is 12.2. The van der Waals surface area contributed by atoms with Crippen molar-refractivity contribution in [3.63, 3.8) is 0 Å². The molecular formula is C19H21N5O3. The van der Waals surface area contributed by atoms with E-state index in [-0.39, 0.29) is 12.3 Å². The molecule has 2 aromatic carbocycles. The Balaban J connectivity index is 1.69. The Morgan fingerprint density at radius 2 is 1.85 bits per heavy atom. The topological polar surface area (TPSA) is 83.5 Å². The van der Waals surface area contributed by atoms with E-state index in [0.717, 1.165) is 16.7 Å². The first-order chi connectivity index (χ1) is 13.1. The molecule has 0 saturated carbocycles. The number of nitrogens with zero attached hydrogens (tertiary/aromatic N) is 5. The van der Waals surface area contributed by atoms with E-state index in [9.17, 15) is 4.79 Å². The first-order valence-electron chi connectivity index (χ1n) is 8.47. The largest absolute Gasteiger partial charge is 0.474 e. The van der Waals surface area contributed by atoms with Crippen molar-refractivity contribution < 1.29 is 9.57 Å². The Labute approximate surface area is 156 Å². The standard InChI is InChI=1S/C19H21N5O3/c1-14-8-7-11-18(24-19(25)23(3)21-22-24)17(14)13-26-15(2)20-27-12-16-9-5-4-6-10-16/h4-11H,12-13H2,1-3H3. The van der Waals surface area contributed by atoms with E-state index in [1.165, 1.54) is 9.36 Å². The van der Waals surface area contributed by atoms with Crippen molar-refractivity contribution in [1.29, 1.82) is 0 Å². The van der Waals surface area contributed by atoms with E-state index in [4.69, 9.17) is 9.57 Å². The minimum Gasteiger partial charge on any atom is -0.474 e. The first-order valence-corrected chi connectivity index (χ1v) is 8.47. The van der Waals surface area contributed by atoms with Crippen molar-refractivity contribution >= 4 is 5.90 Å². The molecule has 3 aromatic rings. The van der Waals surface area contributed by atoms with E-state index in [1.54, 1.807) is 20.0 Å². The van der Waals surface area contributed by atoms with Gasteiger partial charge in [0.1, 0.15) is 13.2 Å². The van der Waals surface area contributed by atoms with Crippen molar-refractivity contribution in [2.45, 2.75) is 27.1 Å². The number of tetrazole rings is 1. The fraction of sp³-hybridized carbons (Fsp3) is 0.263. The molecule has 0 spiro atoms. The maximum Gasteiger partial charge on any atom is 0.368 e. The van der Waals surface area contributed by atoms with E-state index in [0.29, 0.717) is 18.2 Å². The van der Waals surface area contributed by atoms with Crippen molar-refractivity contribution in [2.75, 3.05) is 0 Å². The second kappa shape index (κ2) is 8.31. The number of oxime groups is 1. The van der Waals surface area contributed by atoms with Gasteiger partial charge in [-0.2, -0.15) is 9.36 Å². The molecule has 0 N–H and O–H groups in total. The lowest BCUT2D eigenvalue weighted by Gasteiger charge is -2.12. The molecule has 0 aliphatic heterocycles. The normalized spacial score (nSPS) is 11.4. The predicted octanol–water partition coefficient (Wildman–Crippen LogP) is 2.34. The molecule has 8 heteroatoms. The fourth-order valence-corrected chi connectivity index (χ4v) is 2.51. The number of hydrogen-bond acceptors (Lipinski definition) is 6. The molecule has 8 nitrogen and oxygen atoms in total. The fourth-order valence-electron chi connectivity index (χ4n) is 2.51. The Morgan fingerprint density at radius 1 is 1.07 bits per heavy atom. The van der Waals surface area contributed by atoms with Gasteiger partial charge in [-0.1, -0.05) is 47.6 Å². The van der Waals surface area contributed by atoms with Gasteiger partial charge in [-0.05, 0) is 34.5 Å². The van der Waals surface area contributed by atoms with Crippen LogP contribution >= 0.6 is 0 Å². The van der Waals surface area contributed by atoms with Crippen LogP contribution in [0.5, 0.6) is 0 Å². The van der Waals surface area contributed by atoms with Gasteiger partial charge in [0.15, 0.2) is 0 Å². The number of benzene rings is 2. The molecule has 0 fully saturated rings. The van der Waals surface area contributed by atoms with Gasteiger partial charge in [-0.25, -0.2) is 4.79 Å². The zero-order valence-electron chi connectivity index (χ0n) is 15.5. The van der Waals surface area contributed by atoms with Crippen molar-refractivity contribution in [3.05, 3.63) is 75.7 Å². The molecule has 0 bridgehead atoms. The lowest BCUT2D eigenvalue weighted by molar-refractivity contribution is 0.117. The third-order valence-corrected chi connectivity index (χ3v) is 4.03. The van der Waals surface area contributed by atoms with Gasteiger partial charge in [-0.15, -0.1) is 0 Å². The highest BCUT2D eigenvalue weighted by Crippen LogP contribution is 2.18. The molecule has 0 amide bonds. The summed E-state index contributed by atoms with van der Waals surface area (Å²) in [6.45, 7) is 4.26. The van der Waals surface area contributed by atoms with E-state index < -0.39 is 0 Å². The molecule has 140 valence electrons. The van der Waals surface area contributed by atoms with Crippen LogP contribution in [-0.2, 0) is 29.8 Å². The summed E-state index contributed by atoms with van der Waals surface area (Å²) in [6, 6.07) is 15.4. The number of aromatic nitrogens is 4. The van der Waals surface area contributed by atoms with Gasteiger partial charge in [0.25, 0.3) is 0 Å². The summed E-state index contributed by atoms with van der Waals surface area (Å²) in [5.74, 6) is 0.395. The third-order valence-electron chi connectivity index (χ3n) is 4.03. The number of rotatable bonds is 6. The highest BCUT2D eigenvalue weighted by atomic mass is 16.6. The van der Waals surface area contributed by atoms with Crippen LogP contribution in [0.25, 0.3) is 5.69 Å². The second-order valence-electron chi connectivity index (χ2n) is 6.03. The van der Waals surface area contributed by atoms with Crippen molar-refractivity contribution in [2.24, 2.45) is 12.2 Å². The predicted molar refractivity (Wildman–Crippen MR) is 100 cm³/mol. The highest BCUT2D eigenvalue weighted by molar-refractivity contribution is 5.72. The van der Waals surface area contributed by atoms with Gasteiger partial charge in [0, 0.05) is 19.5 Å². The summed E-state index contributed by atoms with van der Waals surface area (Å²) in [6.07, 6.45) is 0. The van der Waals surface area contributed by atoms with Crippen LogP contribution in [0, 0.1) is 6.92 Å². The Hall–Kier alpha value is -3.42. The molecule has 0 aliphatic rings. The average Bonchev–Trinajstić information content (AvgIpc) is 3.00. The Bertz CT molecular complexity index is 992. The van der Waals surface area contributed by atoms with E-state index >= 15 is 0 Å². The molecule has 0 aliphatic carbocycles. The quantitative estimate of drug-likeness (QED) is 0.379. The van der Waals surface area contributed by atoms with Gasteiger partial charge >= 0.3 is 5.69 Å². The Kier molecular flexibility index (Phi) is 5.65. The monoisotopic (exact) mass is 367 g/mol. The van der Waals surface area contributed by atoms with Crippen LogP contribution in [0.2, 0.25) is 0 Å². The van der Waals surface area contributed by atoms with Crippen molar-refractivity contribution in [1.82, 2.24) is 19.8 Å². The van der Waals surface area contributed by atoms with Crippen LogP contribution in [0.3, 0.4) is 0 Å². The summed E-state index contributed by atoms with van der Waals surface area (Å²) in [4.78, 5) is 17.5. The lowest BCUT2D eigenvalue weighted by Crippen LogP contribution is -2.23. The average molecular weight is 367 g/mol. The molecule has 27 heavy (non-hydrogen) atoms. The minimum absolute atomic E-state index is 0.231. The van der Waals surface area contributed by atoms with E-state index in [2.05, 4.69) is 15.6 Å². The van der Waals surface area contributed by atoms with Gasteiger partial charge in [-0.3, -0.25) is 0 Å². The molecule has 1 heterocycles. The molecule has 0 saturated heterocycles.